The molecule has 3 aliphatic heterocycles. The van der Waals surface area contributed by atoms with E-state index in [1.54, 1.807) is 16.5 Å². The van der Waals surface area contributed by atoms with Gasteiger partial charge in [0.25, 0.3) is 5.91 Å². The predicted octanol–water partition coefficient (Wildman–Crippen LogP) is 6.32. The van der Waals surface area contributed by atoms with Gasteiger partial charge in [-0.3, -0.25) is 19.3 Å². The van der Waals surface area contributed by atoms with Crippen molar-refractivity contribution in [2.24, 2.45) is 11.8 Å². The molecular weight excluding hydrogens is 1090 g/mol. The molecule has 2 fully saturated rings. The van der Waals surface area contributed by atoms with Gasteiger partial charge in [0.15, 0.2) is 0 Å². The van der Waals surface area contributed by atoms with Gasteiger partial charge in [0.05, 0.1) is 106 Å². The Labute approximate surface area is 494 Å². The van der Waals surface area contributed by atoms with E-state index in [1.807, 2.05) is 87.5 Å². The van der Waals surface area contributed by atoms with Crippen molar-refractivity contribution in [3.8, 4) is 27.7 Å². The summed E-state index contributed by atoms with van der Waals surface area (Å²) in [5.74, 6) is 1.80. The number of nitrogens with two attached hydrogens (primary N) is 2. The number of carbonyl (C=O) groups excluding carboxylic acids is 3. The van der Waals surface area contributed by atoms with E-state index in [0.717, 1.165) is 65.5 Å². The molecule has 4 aromatic carbocycles. The number of hydrogen-bond donors (Lipinski definition) is 4. The highest BCUT2D eigenvalue weighted by Crippen LogP contribution is 2.35. The highest BCUT2D eigenvalue weighted by Gasteiger charge is 2.46. The Balaban J connectivity index is 0.595. The zero-order valence-electron chi connectivity index (χ0n) is 48.3. The van der Waals surface area contributed by atoms with Crippen LogP contribution in [-0.4, -0.2) is 176 Å². The maximum atomic E-state index is 14.3. The second-order valence-electron chi connectivity index (χ2n) is 21.5. The maximum absolute atomic E-state index is 14.3. The summed E-state index contributed by atoms with van der Waals surface area (Å²) < 4.78 is 47.0. The summed E-state index contributed by atoms with van der Waals surface area (Å²) in [5, 5.41) is 14.5. The molecule has 2 aromatic heterocycles. The third kappa shape index (κ3) is 16.7. The average Bonchev–Trinajstić information content (AvgIpc) is 2.80. The Morgan fingerprint density at radius 1 is 0.774 bits per heavy atom. The molecule has 0 bridgehead atoms. The van der Waals surface area contributed by atoms with E-state index in [-0.39, 0.29) is 49.8 Å². The van der Waals surface area contributed by atoms with Crippen LogP contribution in [-0.2, 0) is 52.9 Å². The van der Waals surface area contributed by atoms with Crippen molar-refractivity contribution >= 4 is 51.7 Å². The zero-order chi connectivity index (χ0) is 58.8. The lowest BCUT2D eigenvalue weighted by Gasteiger charge is -2.35. The number of anilines is 2. The SMILES string of the molecule is Cc1ncsc1-c1ccc(CNC(=O)[C@H]2C[C@@H](O)CN2C(=O)[C@H](C(C)C)N2Cc3ccccc3C2=O)c(OCCOCCOCCOCCOCCOCCOc2cccc(CN3CCC(COc4cccc5nc(N)nc(N)c45)CC3)c2)c1. The molecule has 5 heterocycles. The molecule has 0 saturated carbocycles. The number of benzene rings is 4. The number of carbonyl (C=O) groups is 3. The van der Waals surface area contributed by atoms with Gasteiger partial charge in [-0.1, -0.05) is 62.4 Å². The summed E-state index contributed by atoms with van der Waals surface area (Å²) in [6, 6.07) is 25.3. The fraction of sp³-hybridized carbons (Fsp3) is 0.484. The van der Waals surface area contributed by atoms with Crippen molar-refractivity contribution in [1.82, 2.24) is 35.0 Å². The zero-order valence-corrected chi connectivity index (χ0v) is 49.1. The third-order valence-electron chi connectivity index (χ3n) is 15.1. The molecule has 22 heteroatoms. The van der Waals surface area contributed by atoms with Gasteiger partial charge in [-0.2, -0.15) is 4.98 Å². The van der Waals surface area contributed by atoms with E-state index in [2.05, 4.69) is 37.3 Å². The first kappa shape index (κ1) is 61.5. The minimum absolute atomic E-state index is 0.00227. The molecule has 0 aliphatic carbocycles. The number of aromatic nitrogens is 3. The summed E-state index contributed by atoms with van der Waals surface area (Å²) in [4.78, 5) is 60.9. The first-order chi connectivity index (χ1) is 40.9. The van der Waals surface area contributed by atoms with Crippen LogP contribution in [0.1, 0.15) is 65.9 Å². The first-order valence-corrected chi connectivity index (χ1v) is 29.9. The number of aliphatic hydroxyl groups is 1. The number of rotatable bonds is 32. The second kappa shape index (κ2) is 30.7. The summed E-state index contributed by atoms with van der Waals surface area (Å²) in [6.45, 7) is 14.4. The number of piperidine rings is 1. The number of nitrogens with zero attached hydrogens (tertiary/aromatic N) is 6. The molecule has 0 radical (unpaired) electrons. The predicted molar refractivity (Wildman–Crippen MR) is 319 cm³/mol. The Kier molecular flexibility index (Phi) is 22.5. The molecule has 9 rings (SSSR count). The Morgan fingerprint density at radius 2 is 1.45 bits per heavy atom. The number of ether oxygens (including phenoxy) is 8. The van der Waals surface area contributed by atoms with Gasteiger partial charge >= 0.3 is 0 Å². The average molecular weight is 1170 g/mol. The van der Waals surface area contributed by atoms with E-state index in [0.29, 0.717) is 126 Å². The number of amides is 3. The lowest BCUT2D eigenvalue weighted by Crippen LogP contribution is -2.55. The molecule has 450 valence electrons. The van der Waals surface area contributed by atoms with Crippen molar-refractivity contribution in [2.75, 3.05) is 117 Å². The molecular formula is C62H79N9O12S. The standard InChI is InChI=1S/C62H79N9O12S/c1-41(2)56(71-37-47-9-4-5-11-50(47)60(71)74)61(75)70-38-48(72)34-52(70)59(73)65-35-46-15-14-45(57-42(3)66-40-84-57)33-54(46)82-31-29-80-27-25-78-23-21-76-20-22-77-24-26-79-28-30-81-49-10-6-8-44(32-49)36-69-18-16-43(17-19-69)39-83-53-13-7-12-51-55(53)58(63)68-62(64)67-51/h4-15,32-33,40-41,43,48,52,56,72H,16-31,34-39H2,1-3H3,(H,65,73)(H4,63,64,67,68)/t48-,52-,56+/m1/s1. The van der Waals surface area contributed by atoms with Crippen LogP contribution >= 0.6 is 11.3 Å². The van der Waals surface area contributed by atoms with Crippen LogP contribution in [0, 0.1) is 18.8 Å². The van der Waals surface area contributed by atoms with Crippen molar-refractivity contribution < 1.29 is 57.4 Å². The van der Waals surface area contributed by atoms with Crippen LogP contribution in [0.5, 0.6) is 17.2 Å². The Bertz CT molecular complexity index is 3120. The van der Waals surface area contributed by atoms with Gasteiger partial charge in [0.1, 0.15) is 48.4 Å². The van der Waals surface area contributed by atoms with E-state index in [4.69, 9.17) is 49.4 Å². The number of nitrogens with one attached hydrogen (secondary N) is 1. The highest BCUT2D eigenvalue weighted by atomic mass is 32.1. The lowest BCUT2D eigenvalue weighted by atomic mass is 9.97. The van der Waals surface area contributed by atoms with Crippen LogP contribution in [0.25, 0.3) is 21.3 Å². The minimum Gasteiger partial charge on any atom is -0.492 e. The van der Waals surface area contributed by atoms with Gasteiger partial charge in [-0.05, 0) is 97.8 Å². The van der Waals surface area contributed by atoms with Gasteiger partial charge in [0.2, 0.25) is 17.8 Å². The van der Waals surface area contributed by atoms with E-state index < -0.39 is 24.1 Å². The summed E-state index contributed by atoms with van der Waals surface area (Å²) in [5.41, 5.74) is 19.6. The van der Waals surface area contributed by atoms with Crippen LogP contribution < -0.4 is 31.0 Å². The number of likely N-dealkylation sites (tertiary alicyclic amines) is 2. The van der Waals surface area contributed by atoms with Gasteiger partial charge in [0, 0.05) is 43.7 Å². The number of thiazole rings is 1. The fourth-order valence-corrected chi connectivity index (χ4v) is 11.7. The van der Waals surface area contributed by atoms with E-state index in [9.17, 15) is 19.5 Å². The van der Waals surface area contributed by atoms with Crippen LogP contribution in [0.15, 0.2) is 90.4 Å². The summed E-state index contributed by atoms with van der Waals surface area (Å²) in [6.07, 6.45) is 1.28. The fourth-order valence-electron chi connectivity index (χ4n) is 10.9. The quantitative estimate of drug-likeness (QED) is 0.0337. The van der Waals surface area contributed by atoms with Crippen molar-refractivity contribution in [3.63, 3.8) is 0 Å². The molecule has 3 aliphatic rings. The van der Waals surface area contributed by atoms with E-state index >= 15 is 0 Å². The molecule has 84 heavy (non-hydrogen) atoms. The molecule has 2 saturated heterocycles. The monoisotopic (exact) mass is 1170 g/mol. The topological polar surface area (TPSA) is 258 Å². The number of fused-ring (bicyclic) bond motifs is 2. The van der Waals surface area contributed by atoms with Gasteiger partial charge in [-0.25, -0.2) is 9.97 Å². The maximum Gasteiger partial charge on any atom is 0.255 e. The lowest BCUT2D eigenvalue weighted by molar-refractivity contribution is -0.143. The first-order valence-electron chi connectivity index (χ1n) is 29.0. The number of nitrogen functional groups attached to an aromatic ring is 2. The molecule has 3 atom stereocenters. The van der Waals surface area contributed by atoms with Crippen molar-refractivity contribution in [2.45, 2.75) is 77.9 Å². The minimum atomic E-state index is -0.913. The number of aliphatic hydroxyl groups excluding tert-OH is 1. The van der Waals surface area contributed by atoms with Crippen molar-refractivity contribution in [1.29, 1.82) is 0 Å². The molecule has 0 spiro atoms. The molecule has 3 amide bonds. The van der Waals surface area contributed by atoms with Crippen LogP contribution in [0.3, 0.4) is 0 Å². The number of hydrogen-bond acceptors (Lipinski definition) is 19. The highest BCUT2D eigenvalue weighted by molar-refractivity contribution is 7.13. The Hall–Kier alpha value is -7.02. The molecule has 6 aromatic rings. The third-order valence-corrected chi connectivity index (χ3v) is 16.1. The van der Waals surface area contributed by atoms with Crippen molar-refractivity contribution in [3.05, 3.63) is 118 Å². The largest absolute Gasteiger partial charge is 0.492 e. The second-order valence-corrected chi connectivity index (χ2v) is 22.4. The molecule has 0 unspecified atom stereocenters. The number of β-amino-alcohol motifs (C(OH)–C–C–N with tert-alkyl or cyclic N) is 1. The summed E-state index contributed by atoms with van der Waals surface area (Å²) >= 11 is 1.53. The van der Waals surface area contributed by atoms with Crippen LogP contribution in [0.4, 0.5) is 11.8 Å². The van der Waals surface area contributed by atoms with E-state index in [1.165, 1.54) is 21.8 Å². The smallest absolute Gasteiger partial charge is 0.255 e. The van der Waals surface area contributed by atoms with Crippen LogP contribution in [0.2, 0.25) is 0 Å². The summed E-state index contributed by atoms with van der Waals surface area (Å²) in [7, 11) is 0. The number of aryl methyl sites for hydroxylation is 1. The molecule has 6 N–H and O–H groups in total. The molecule has 21 nitrogen and oxygen atoms in total. The normalized spacial score (nSPS) is 16.8. The Morgan fingerprint density at radius 3 is 2.13 bits per heavy atom. The van der Waals surface area contributed by atoms with Gasteiger partial charge < -0.3 is 69.6 Å². The van der Waals surface area contributed by atoms with Gasteiger partial charge in [-0.15, -0.1) is 11.3 Å².